The molecule has 0 aromatic carbocycles. The predicted molar refractivity (Wildman–Crippen MR) is 86.4 cm³/mol. The molecule has 1 spiro atoms. The second kappa shape index (κ2) is 5.81. The summed E-state index contributed by atoms with van der Waals surface area (Å²) in [6, 6.07) is 5.45. The van der Waals surface area contributed by atoms with E-state index in [9.17, 15) is 4.79 Å². The first-order chi connectivity index (χ1) is 11.2. The summed E-state index contributed by atoms with van der Waals surface area (Å²) in [4.78, 5) is 26.1. The molecule has 0 saturated carbocycles. The summed E-state index contributed by atoms with van der Waals surface area (Å²) in [5.74, 6) is 1.74. The van der Waals surface area contributed by atoms with Crippen molar-refractivity contribution in [1.82, 2.24) is 19.9 Å². The van der Waals surface area contributed by atoms with Crippen LogP contribution in [0.4, 0.5) is 0 Å². The highest BCUT2D eigenvalue weighted by Crippen LogP contribution is 2.46. The van der Waals surface area contributed by atoms with E-state index in [4.69, 9.17) is 4.74 Å². The molecule has 0 radical (unpaired) electrons. The lowest BCUT2D eigenvalue weighted by atomic mass is 9.92. The zero-order valence-electron chi connectivity index (χ0n) is 12.5. The topological polar surface area (TPSA) is 68.2 Å². The van der Waals surface area contributed by atoms with E-state index in [1.54, 1.807) is 24.7 Å². The number of aromatic nitrogens is 3. The zero-order valence-corrected chi connectivity index (χ0v) is 13.3. The number of likely N-dealkylation sites (tertiary alicyclic amines) is 1. The number of carbonyl (C=O) groups excluding carboxylic acids is 1. The second-order valence-electron chi connectivity index (χ2n) is 5.88. The average molecular weight is 328 g/mol. The number of hydrogen-bond acceptors (Lipinski definition) is 6. The summed E-state index contributed by atoms with van der Waals surface area (Å²) in [5, 5.41) is 0. The van der Waals surface area contributed by atoms with Crippen molar-refractivity contribution in [2.45, 2.75) is 17.3 Å². The van der Waals surface area contributed by atoms with Crippen molar-refractivity contribution in [2.24, 2.45) is 0 Å². The second-order valence-corrected chi connectivity index (χ2v) is 7.37. The lowest BCUT2D eigenvalue weighted by molar-refractivity contribution is 0.0512. The first kappa shape index (κ1) is 14.4. The molecule has 2 aliphatic heterocycles. The molecular weight excluding hydrogens is 312 g/mol. The Kier molecular flexibility index (Phi) is 3.65. The van der Waals surface area contributed by atoms with Crippen LogP contribution in [0, 0.1) is 0 Å². The van der Waals surface area contributed by atoms with Crippen LogP contribution >= 0.6 is 11.8 Å². The molecule has 0 unspecified atom stereocenters. The molecule has 0 bridgehead atoms. The van der Waals surface area contributed by atoms with E-state index >= 15 is 0 Å². The summed E-state index contributed by atoms with van der Waals surface area (Å²) in [6.07, 6.45) is 7.62. The lowest BCUT2D eigenvalue weighted by Gasteiger charge is -2.47. The third-order valence-electron chi connectivity index (χ3n) is 4.16. The first-order valence-electron chi connectivity index (χ1n) is 7.50. The van der Waals surface area contributed by atoms with Crippen LogP contribution < -0.4 is 4.74 Å². The van der Waals surface area contributed by atoms with Gasteiger partial charge in [-0.2, -0.15) is 0 Å². The number of rotatable bonds is 3. The molecule has 23 heavy (non-hydrogen) atoms. The van der Waals surface area contributed by atoms with Crippen LogP contribution in [0.2, 0.25) is 0 Å². The minimum absolute atomic E-state index is 0.0183. The molecule has 0 aliphatic carbocycles. The maximum absolute atomic E-state index is 12.3. The predicted octanol–water partition coefficient (Wildman–Crippen LogP) is 1.65. The van der Waals surface area contributed by atoms with Crippen LogP contribution in [-0.4, -0.2) is 55.5 Å². The molecule has 1 atom stereocenters. The van der Waals surface area contributed by atoms with E-state index in [0.29, 0.717) is 5.69 Å². The number of pyridine rings is 1. The van der Waals surface area contributed by atoms with Gasteiger partial charge in [-0.1, -0.05) is 0 Å². The van der Waals surface area contributed by atoms with Gasteiger partial charge in [-0.3, -0.25) is 9.78 Å². The fraction of sp³-hybridized carbons (Fsp3) is 0.375. The van der Waals surface area contributed by atoms with E-state index < -0.39 is 0 Å². The Morgan fingerprint density at radius 2 is 2.22 bits per heavy atom. The molecule has 2 saturated heterocycles. The standard InChI is InChI=1S/C16H16N4O2S/c21-15(14-3-5-18-11-19-14)20-9-16(10-20)6-13(8-23-16)22-12-2-1-4-17-7-12/h1-5,7,11,13H,6,8-10H2/t13-/m1/s1. The van der Waals surface area contributed by atoms with E-state index in [2.05, 4.69) is 15.0 Å². The van der Waals surface area contributed by atoms with Crippen LogP contribution in [0.25, 0.3) is 0 Å². The maximum atomic E-state index is 12.3. The maximum Gasteiger partial charge on any atom is 0.272 e. The Bertz CT molecular complexity index is 692. The lowest BCUT2D eigenvalue weighted by Crippen LogP contribution is -2.61. The molecule has 4 rings (SSSR count). The van der Waals surface area contributed by atoms with Crippen LogP contribution in [-0.2, 0) is 0 Å². The monoisotopic (exact) mass is 328 g/mol. The summed E-state index contributed by atoms with van der Waals surface area (Å²) < 4.78 is 6.11. The molecule has 0 N–H and O–H groups in total. The van der Waals surface area contributed by atoms with E-state index in [0.717, 1.165) is 31.0 Å². The number of carbonyl (C=O) groups is 1. The molecular formula is C16H16N4O2S. The van der Waals surface area contributed by atoms with Gasteiger partial charge in [0.1, 0.15) is 23.9 Å². The van der Waals surface area contributed by atoms with E-state index in [1.807, 2.05) is 28.8 Å². The molecule has 118 valence electrons. The summed E-state index contributed by atoms with van der Waals surface area (Å²) in [5.41, 5.74) is 0.459. The molecule has 4 heterocycles. The normalized spacial score (nSPS) is 21.9. The molecule has 7 heteroatoms. The molecule has 1 amide bonds. The third-order valence-corrected chi connectivity index (χ3v) is 5.73. The number of nitrogens with zero attached hydrogens (tertiary/aromatic N) is 4. The Hall–Kier alpha value is -2.15. The summed E-state index contributed by atoms with van der Waals surface area (Å²) >= 11 is 1.90. The van der Waals surface area contributed by atoms with Gasteiger partial charge in [-0.05, 0) is 18.2 Å². The highest BCUT2D eigenvalue weighted by atomic mass is 32.2. The number of thioether (sulfide) groups is 1. The molecule has 2 fully saturated rings. The zero-order chi connectivity index (χ0) is 15.7. The van der Waals surface area contributed by atoms with Crippen molar-refractivity contribution in [3.05, 3.63) is 48.8 Å². The van der Waals surface area contributed by atoms with Gasteiger partial charge >= 0.3 is 0 Å². The number of ether oxygens (including phenoxy) is 1. The summed E-state index contributed by atoms with van der Waals surface area (Å²) in [6.45, 7) is 1.51. The van der Waals surface area contributed by atoms with Crippen LogP contribution in [0.15, 0.2) is 43.1 Å². The fourth-order valence-corrected chi connectivity index (χ4v) is 4.60. The van der Waals surface area contributed by atoms with E-state index in [1.165, 1.54) is 6.33 Å². The molecule has 2 aliphatic rings. The van der Waals surface area contributed by atoms with Gasteiger partial charge < -0.3 is 9.64 Å². The van der Waals surface area contributed by atoms with Gasteiger partial charge in [-0.15, -0.1) is 11.8 Å². The van der Waals surface area contributed by atoms with Crippen LogP contribution in [0.5, 0.6) is 5.75 Å². The van der Waals surface area contributed by atoms with Gasteiger partial charge in [0.25, 0.3) is 5.91 Å². The van der Waals surface area contributed by atoms with Crippen molar-refractivity contribution in [3.63, 3.8) is 0 Å². The number of hydrogen-bond donors (Lipinski definition) is 0. The van der Waals surface area contributed by atoms with Gasteiger partial charge in [0.2, 0.25) is 0 Å². The quantitative estimate of drug-likeness (QED) is 0.853. The van der Waals surface area contributed by atoms with Crippen molar-refractivity contribution in [1.29, 1.82) is 0 Å². The van der Waals surface area contributed by atoms with Crippen LogP contribution in [0.1, 0.15) is 16.9 Å². The first-order valence-corrected chi connectivity index (χ1v) is 8.49. The van der Waals surface area contributed by atoms with Crippen molar-refractivity contribution in [3.8, 4) is 5.75 Å². The Balaban J connectivity index is 1.34. The Labute approximate surface area is 138 Å². The van der Waals surface area contributed by atoms with Gasteiger partial charge in [-0.25, -0.2) is 9.97 Å². The van der Waals surface area contributed by atoms with Crippen molar-refractivity contribution in [2.75, 3.05) is 18.8 Å². The third kappa shape index (κ3) is 2.88. The van der Waals surface area contributed by atoms with Gasteiger partial charge in [0.15, 0.2) is 0 Å². The molecule has 6 nitrogen and oxygen atoms in total. The number of amides is 1. The van der Waals surface area contributed by atoms with Gasteiger partial charge in [0.05, 0.1) is 10.9 Å². The average Bonchev–Trinajstić information content (AvgIpc) is 2.99. The highest BCUT2D eigenvalue weighted by Gasteiger charge is 2.51. The Morgan fingerprint density at radius 1 is 1.30 bits per heavy atom. The molecule has 2 aromatic rings. The fourth-order valence-electron chi connectivity index (χ4n) is 3.08. The van der Waals surface area contributed by atoms with E-state index in [-0.39, 0.29) is 16.8 Å². The minimum atomic E-state index is -0.0183. The minimum Gasteiger partial charge on any atom is -0.488 e. The van der Waals surface area contributed by atoms with Crippen LogP contribution in [0.3, 0.4) is 0 Å². The van der Waals surface area contributed by atoms with Crippen molar-refractivity contribution < 1.29 is 9.53 Å². The van der Waals surface area contributed by atoms with Crippen molar-refractivity contribution >= 4 is 17.7 Å². The SMILES string of the molecule is O=C(c1ccncn1)N1CC2(C[C@@H](Oc3cccnc3)CS2)C1. The molecule has 2 aromatic heterocycles. The smallest absolute Gasteiger partial charge is 0.272 e. The van der Waals surface area contributed by atoms with Gasteiger partial charge in [0, 0.05) is 37.7 Å². The Morgan fingerprint density at radius 3 is 2.96 bits per heavy atom. The highest BCUT2D eigenvalue weighted by molar-refractivity contribution is 8.01. The largest absolute Gasteiger partial charge is 0.488 e. The summed E-state index contributed by atoms with van der Waals surface area (Å²) in [7, 11) is 0.